The molecule has 16 heteroatoms. The Morgan fingerprint density at radius 2 is 0.750 bits per heavy atom. The normalized spacial score (nSPS) is 21.8. The first-order valence-electron chi connectivity index (χ1n) is 27.4. The molecule has 0 N–H and O–H groups in total. The quantitative estimate of drug-likeness (QED) is 0.0410. The number of hydrogen-bond acceptors (Lipinski definition) is 16. The molecule has 84 heavy (non-hydrogen) atoms. The van der Waals surface area contributed by atoms with E-state index in [-0.39, 0.29) is 54.2 Å². The maximum atomic E-state index is 14.7. The zero-order valence-electron chi connectivity index (χ0n) is 45.5. The summed E-state index contributed by atoms with van der Waals surface area (Å²) in [4.78, 5) is 72.1. The number of benzene rings is 8. The number of rotatable bonds is 24. The Labute approximate surface area is 485 Å². The zero-order chi connectivity index (χ0) is 57.9. The minimum absolute atomic E-state index is 0.0467. The van der Waals surface area contributed by atoms with Gasteiger partial charge in [0.15, 0.2) is 30.7 Å². The van der Waals surface area contributed by atoms with Gasteiger partial charge in [0.1, 0.15) is 31.5 Å². The summed E-state index contributed by atoms with van der Waals surface area (Å²) in [5, 5.41) is 0. The van der Waals surface area contributed by atoms with Crippen molar-refractivity contribution in [3.63, 3.8) is 0 Å². The molecule has 2 saturated heterocycles. The van der Waals surface area contributed by atoms with Crippen LogP contribution in [0.3, 0.4) is 0 Å². The van der Waals surface area contributed by atoms with Gasteiger partial charge < -0.3 is 52.1 Å². The predicted octanol–water partition coefficient (Wildman–Crippen LogP) is 10.6. The molecule has 9 atom stereocenters. The first-order chi connectivity index (χ1) is 41.2. The van der Waals surface area contributed by atoms with Gasteiger partial charge in [-0.2, -0.15) is 0 Å². The molecule has 0 amide bonds. The number of ether oxygens (including phenoxy) is 11. The van der Waals surface area contributed by atoms with Crippen molar-refractivity contribution in [3.8, 4) is 0 Å². The van der Waals surface area contributed by atoms with Crippen molar-refractivity contribution in [3.05, 3.63) is 287 Å². The molecule has 2 heterocycles. The molecule has 1 unspecified atom stereocenters. The maximum Gasteiger partial charge on any atom is 0.340 e. The Morgan fingerprint density at radius 1 is 0.369 bits per heavy atom. The predicted molar refractivity (Wildman–Crippen MR) is 304 cm³/mol. The minimum atomic E-state index is -2.15. The highest BCUT2D eigenvalue weighted by molar-refractivity contribution is 5.92. The van der Waals surface area contributed by atoms with E-state index in [1.807, 2.05) is 91.0 Å². The molecule has 2 aliphatic rings. The molecule has 16 nitrogen and oxygen atoms in total. The highest BCUT2D eigenvalue weighted by Gasteiger charge is 2.63. The number of esters is 5. The van der Waals surface area contributed by atoms with Crippen molar-refractivity contribution in [1.29, 1.82) is 0 Å². The molecule has 8 aromatic carbocycles. The Kier molecular flexibility index (Phi) is 19.9. The van der Waals surface area contributed by atoms with Crippen LogP contribution < -0.4 is 0 Å². The van der Waals surface area contributed by atoms with E-state index in [4.69, 9.17) is 52.1 Å². The van der Waals surface area contributed by atoms with Gasteiger partial charge in [-0.05, 0) is 77.4 Å². The number of carbonyl (C=O) groups is 5. The lowest BCUT2D eigenvalue weighted by molar-refractivity contribution is -0.318. The average molecular weight is 1130 g/mol. The van der Waals surface area contributed by atoms with Gasteiger partial charge in [-0.25, -0.2) is 24.0 Å². The molecule has 0 spiro atoms. The van der Waals surface area contributed by atoms with Gasteiger partial charge >= 0.3 is 29.8 Å². The van der Waals surface area contributed by atoms with Crippen molar-refractivity contribution in [1.82, 2.24) is 0 Å². The van der Waals surface area contributed by atoms with Crippen LogP contribution in [0.25, 0.3) is 0 Å². The third kappa shape index (κ3) is 15.1. The Balaban J connectivity index is 1.11. The van der Waals surface area contributed by atoms with Crippen LogP contribution in [0, 0.1) is 0 Å². The van der Waals surface area contributed by atoms with E-state index in [2.05, 4.69) is 0 Å². The van der Waals surface area contributed by atoms with E-state index >= 15 is 0 Å². The second-order valence-electron chi connectivity index (χ2n) is 19.7. The van der Waals surface area contributed by atoms with E-state index in [9.17, 15) is 24.0 Å². The molecule has 0 radical (unpaired) electrons. The smallest absolute Gasteiger partial charge is 0.340 e. The van der Waals surface area contributed by atoms with Gasteiger partial charge in [0.25, 0.3) is 5.79 Å². The molecular weight excluding hydrogens is 1070 g/mol. The summed E-state index contributed by atoms with van der Waals surface area (Å²) < 4.78 is 72.8. The molecule has 428 valence electrons. The third-order valence-electron chi connectivity index (χ3n) is 13.8. The van der Waals surface area contributed by atoms with Crippen molar-refractivity contribution in [2.24, 2.45) is 0 Å². The van der Waals surface area contributed by atoms with E-state index in [1.54, 1.807) is 115 Å². The zero-order valence-corrected chi connectivity index (χ0v) is 45.5. The van der Waals surface area contributed by atoms with E-state index in [0.717, 1.165) is 11.1 Å². The monoisotopic (exact) mass is 1130 g/mol. The third-order valence-corrected chi connectivity index (χ3v) is 13.8. The summed E-state index contributed by atoms with van der Waals surface area (Å²) in [5.41, 5.74) is 3.00. The fourth-order valence-corrected chi connectivity index (χ4v) is 9.67. The van der Waals surface area contributed by atoms with Crippen LogP contribution in [0.2, 0.25) is 0 Å². The largest absolute Gasteiger partial charge is 0.459 e. The summed E-state index contributed by atoms with van der Waals surface area (Å²) in [5.74, 6) is -6.42. The molecule has 0 bridgehead atoms. The van der Waals surface area contributed by atoms with Gasteiger partial charge in [-0.1, -0.05) is 182 Å². The SMILES string of the molecule is O=C(OC[C@H]1O[C@H](O[C@@H]2[C@@H](COCc3ccccc3)OC(COCc3ccccc3)(OC(=O)c3ccccc3)[C@H]2OCc2ccccc2)[C@H](OC(=O)c2ccccc2)[C@@H](OC(=O)c2ccccc2)[C@H]1OC(=O)c1ccccc1)c1ccccc1. The summed E-state index contributed by atoms with van der Waals surface area (Å²) in [6.45, 7) is -1.26. The van der Waals surface area contributed by atoms with Crippen LogP contribution in [0.15, 0.2) is 243 Å². The van der Waals surface area contributed by atoms with Gasteiger partial charge in [0, 0.05) is 0 Å². The first-order valence-corrected chi connectivity index (χ1v) is 27.4. The van der Waals surface area contributed by atoms with E-state index in [0.29, 0.717) is 5.56 Å². The lowest BCUT2D eigenvalue weighted by Gasteiger charge is -2.45. The Hall–Kier alpha value is -9.13. The Bertz CT molecular complexity index is 3360. The summed E-state index contributed by atoms with van der Waals surface area (Å²) in [6, 6.07) is 68.6. The van der Waals surface area contributed by atoms with Gasteiger partial charge in [0.05, 0.1) is 54.2 Å². The summed E-state index contributed by atoms with van der Waals surface area (Å²) >= 11 is 0. The maximum absolute atomic E-state index is 14.7. The molecule has 8 aromatic rings. The highest BCUT2D eigenvalue weighted by Crippen LogP contribution is 2.42. The van der Waals surface area contributed by atoms with Crippen LogP contribution in [0.5, 0.6) is 0 Å². The van der Waals surface area contributed by atoms with Crippen molar-refractivity contribution < 1.29 is 76.1 Å². The molecule has 10 rings (SSSR count). The second kappa shape index (κ2) is 28.7. The van der Waals surface area contributed by atoms with Crippen molar-refractivity contribution in [2.45, 2.75) is 74.6 Å². The van der Waals surface area contributed by atoms with Gasteiger partial charge in [-0.3, -0.25) is 0 Å². The first kappa shape index (κ1) is 58.1. The Morgan fingerprint density at radius 3 is 1.21 bits per heavy atom. The van der Waals surface area contributed by atoms with Crippen LogP contribution in [0.1, 0.15) is 68.5 Å². The van der Waals surface area contributed by atoms with Gasteiger partial charge in [0.2, 0.25) is 0 Å². The molecular formula is C68H60O16. The van der Waals surface area contributed by atoms with Crippen LogP contribution in [-0.4, -0.2) is 104 Å². The number of carbonyl (C=O) groups excluding carboxylic acids is 5. The highest BCUT2D eigenvalue weighted by atomic mass is 16.8. The summed E-state index contributed by atoms with van der Waals surface area (Å²) in [7, 11) is 0. The standard InChI is InChI=1S/C68H60O16/c69-62(50-31-15-4-16-32-50)77-45-55-57(79-63(70)51-33-17-5-18-34-51)59(80-64(71)52-35-19-6-20-36-52)60(81-65(72)53-37-21-7-22-38-53)67(78-55)82-58-56(44-74-41-47-25-9-1-10-26-47)83-68(46-75-42-48-27-11-2-12-28-48,84-66(73)54-39-23-8-24-40-54)61(58)76-43-49-29-13-3-14-30-49/h1-40,55-61,67H,41-46H2/t55-,56-,57+,58-,59+,60-,61+,67-,68?/m1/s1. The molecule has 2 aliphatic heterocycles. The fourth-order valence-electron chi connectivity index (χ4n) is 9.67. The van der Waals surface area contributed by atoms with E-state index < -0.39 is 97.9 Å². The molecule has 2 fully saturated rings. The topological polar surface area (TPSA) is 187 Å². The van der Waals surface area contributed by atoms with Crippen molar-refractivity contribution in [2.75, 3.05) is 19.8 Å². The van der Waals surface area contributed by atoms with Crippen LogP contribution in [-0.2, 0) is 71.9 Å². The summed E-state index contributed by atoms with van der Waals surface area (Å²) in [6.07, 6.45) is -12.8. The average Bonchev–Trinajstić information content (AvgIpc) is 2.55. The van der Waals surface area contributed by atoms with Gasteiger partial charge in [-0.15, -0.1) is 0 Å². The lowest BCUT2D eigenvalue weighted by Crippen LogP contribution is -2.64. The molecule has 0 saturated carbocycles. The number of hydrogen-bond donors (Lipinski definition) is 0. The molecule has 0 aromatic heterocycles. The molecule has 0 aliphatic carbocycles. The fraction of sp³-hybridized carbons (Fsp3) is 0.221. The minimum Gasteiger partial charge on any atom is -0.459 e. The second-order valence-corrected chi connectivity index (χ2v) is 19.7. The van der Waals surface area contributed by atoms with Crippen molar-refractivity contribution >= 4 is 29.8 Å². The van der Waals surface area contributed by atoms with Crippen LogP contribution in [0.4, 0.5) is 0 Å². The van der Waals surface area contributed by atoms with Crippen LogP contribution >= 0.6 is 0 Å². The van der Waals surface area contributed by atoms with E-state index in [1.165, 1.54) is 36.4 Å². The lowest BCUT2D eigenvalue weighted by atomic mass is 9.97.